The molecule has 0 saturated carbocycles. The van der Waals surface area contributed by atoms with Gasteiger partial charge < -0.3 is 5.11 Å². The minimum absolute atomic E-state index is 0.0647. The third-order valence-corrected chi connectivity index (χ3v) is 4.60. The van der Waals surface area contributed by atoms with Crippen LogP contribution in [-0.4, -0.2) is 32.2 Å². The molecule has 0 aromatic rings. The van der Waals surface area contributed by atoms with Gasteiger partial charge in [0.2, 0.25) is 0 Å². The van der Waals surface area contributed by atoms with Gasteiger partial charge in [-0.2, -0.15) is 4.99 Å². The van der Waals surface area contributed by atoms with E-state index in [1.165, 1.54) is 11.8 Å². The zero-order valence-electron chi connectivity index (χ0n) is 8.84. The van der Waals surface area contributed by atoms with Crippen LogP contribution in [-0.2, 0) is 4.79 Å². The van der Waals surface area contributed by atoms with E-state index in [9.17, 15) is 9.90 Å². The standard InChI is InChI=1S/C10H12N2O2S2/c1-2-3-4-15-10-12-9-8(16-10)6(13)5-7(14)11-9/h5,8,13H,2-4H2,1H3. The molecular weight excluding hydrogens is 244 g/mol. The molecule has 2 heterocycles. The summed E-state index contributed by atoms with van der Waals surface area (Å²) in [6, 6.07) is 0. The van der Waals surface area contributed by atoms with E-state index in [-0.39, 0.29) is 11.0 Å². The summed E-state index contributed by atoms with van der Waals surface area (Å²) < 4.78 is 0.895. The van der Waals surface area contributed by atoms with Crippen LogP contribution >= 0.6 is 23.5 Å². The first-order chi connectivity index (χ1) is 7.70. The van der Waals surface area contributed by atoms with Crippen molar-refractivity contribution in [2.45, 2.75) is 25.0 Å². The van der Waals surface area contributed by atoms with Gasteiger partial charge in [0.15, 0.2) is 5.84 Å². The van der Waals surface area contributed by atoms with Crippen molar-refractivity contribution in [3.63, 3.8) is 0 Å². The highest BCUT2D eigenvalue weighted by atomic mass is 32.2. The van der Waals surface area contributed by atoms with Crippen LogP contribution in [0.2, 0.25) is 0 Å². The van der Waals surface area contributed by atoms with Crippen LogP contribution in [0.25, 0.3) is 0 Å². The van der Waals surface area contributed by atoms with Crippen LogP contribution in [0.1, 0.15) is 19.8 Å². The van der Waals surface area contributed by atoms with Crippen molar-refractivity contribution < 1.29 is 9.90 Å². The SMILES string of the molecule is CCCCSC1=NC2=NC(=O)C=C(O)C2S1. The molecule has 0 saturated heterocycles. The minimum atomic E-state index is -0.423. The van der Waals surface area contributed by atoms with Gasteiger partial charge in [0.25, 0.3) is 5.91 Å². The molecule has 16 heavy (non-hydrogen) atoms. The Hall–Kier alpha value is -0.750. The third-order valence-electron chi connectivity index (χ3n) is 2.15. The number of hydrogen-bond acceptors (Lipinski definition) is 5. The van der Waals surface area contributed by atoms with Gasteiger partial charge in [0.1, 0.15) is 15.4 Å². The predicted octanol–water partition coefficient (Wildman–Crippen LogP) is 2.37. The number of fused-ring (bicyclic) bond motifs is 1. The lowest BCUT2D eigenvalue weighted by atomic mass is 10.2. The van der Waals surface area contributed by atoms with Crippen molar-refractivity contribution in [1.82, 2.24) is 0 Å². The van der Waals surface area contributed by atoms with Crippen molar-refractivity contribution in [3.05, 3.63) is 11.8 Å². The van der Waals surface area contributed by atoms with Gasteiger partial charge in [0.05, 0.1) is 0 Å². The zero-order valence-corrected chi connectivity index (χ0v) is 10.5. The summed E-state index contributed by atoms with van der Waals surface area (Å²) in [6.07, 6.45) is 3.46. The first kappa shape index (κ1) is 11.7. The molecule has 0 aromatic heterocycles. The lowest BCUT2D eigenvalue weighted by Crippen LogP contribution is -2.20. The Morgan fingerprint density at radius 2 is 2.38 bits per heavy atom. The van der Waals surface area contributed by atoms with Crippen LogP contribution < -0.4 is 0 Å². The van der Waals surface area contributed by atoms with E-state index in [1.807, 2.05) is 0 Å². The zero-order chi connectivity index (χ0) is 11.5. The van der Waals surface area contributed by atoms with Crippen LogP contribution in [0, 0.1) is 0 Å². The molecule has 0 bridgehead atoms. The topological polar surface area (TPSA) is 62.0 Å². The third kappa shape index (κ3) is 2.49. The Bertz CT molecular complexity index is 402. The summed E-state index contributed by atoms with van der Waals surface area (Å²) in [6.45, 7) is 2.14. The van der Waals surface area contributed by atoms with E-state index in [0.717, 1.165) is 29.0 Å². The average Bonchev–Trinajstić information content (AvgIpc) is 2.61. The Labute approximate surface area is 102 Å². The van der Waals surface area contributed by atoms with E-state index in [1.54, 1.807) is 11.8 Å². The Kier molecular flexibility index (Phi) is 3.70. The molecule has 1 atom stereocenters. The number of rotatable bonds is 3. The Morgan fingerprint density at radius 3 is 3.12 bits per heavy atom. The van der Waals surface area contributed by atoms with Crippen LogP contribution in [0.5, 0.6) is 0 Å². The number of hydrogen-bond donors (Lipinski definition) is 1. The number of unbranched alkanes of at least 4 members (excludes halogenated alkanes) is 1. The molecule has 0 aliphatic carbocycles. The molecule has 0 fully saturated rings. The van der Waals surface area contributed by atoms with Gasteiger partial charge >= 0.3 is 0 Å². The Morgan fingerprint density at radius 1 is 1.56 bits per heavy atom. The van der Waals surface area contributed by atoms with Gasteiger partial charge in [-0.05, 0) is 12.2 Å². The Balaban J connectivity index is 2.01. The average molecular weight is 256 g/mol. The number of carbonyl (C=O) groups is 1. The molecule has 2 rings (SSSR count). The van der Waals surface area contributed by atoms with Crippen molar-refractivity contribution in [2.75, 3.05) is 5.75 Å². The number of dihydropyridines is 1. The second-order valence-corrected chi connectivity index (χ2v) is 5.89. The number of aliphatic hydroxyl groups excluding tert-OH is 1. The predicted molar refractivity (Wildman–Crippen MR) is 69.3 cm³/mol. The van der Waals surface area contributed by atoms with Crippen LogP contribution in [0.4, 0.5) is 0 Å². The molecule has 0 spiro atoms. The number of thioether (sulfide) groups is 2. The summed E-state index contributed by atoms with van der Waals surface area (Å²) in [7, 11) is 0. The lowest BCUT2D eigenvalue weighted by molar-refractivity contribution is -0.113. The fourth-order valence-corrected chi connectivity index (χ4v) is 3.65. The first-order valence-corrected chi connectivity index (χ1v) is 6.98. The number of nitrogens with zero attached hydrogens (tertiary/aromatic N) is 2. The highest BCUT2D eigenvalue weighted by Crippen LogP contribution is 2.35. The molecule has 4 nitrogen and oxygen atoms in total. The fraction of sp³-hybridized carbons (Fsp3) is 0.500. The van der Waals surface area contributed by atoms with Gasteiger partial charge in [-0.25, -0.2) is 4.99 Å². The van der Waals surface area contributed by atoms with Crippen molar-refractivity contribution >= 4 is 39.6 Å². The smallest absolute Gasteiger partial charge is 0.274 e. The largest absolute Gasteiger partial charge is 0.510 e. The van der Waals surface area contributed by atoms with E-state index in [4.69, 9.17) is 0 Å². The number of aliphatic hydroxyl groups is 1. The second kappa shape index (κ2) is 5.05. The molecular formula is C10H12N2O2S2. The second-order valence-electron chi connectivity index (χ2n) is 3.46. The molecule has 0 radical (unpaired) electrons. The molecule has 0 aromatic carbocycles. The molecule has 2 aliphatic heterocycles. The normalized spacial score (nSPS) is 23.7. The van der Waals surface area contributed by atoms with E-state index >= 15 is 0 Å². The quantitative estimate of drug-likeness (QED) is 0.787. The highest BCUT2D eigenvalue weighted by Gasteiger charge is 2.33. The summed E-state index contributed by atoms with van der Waals surface area (Å²) >= 11 is 3.13. The molecule has 2 aliphatic rings. The number of aliphatic imine (C=N–C) groups is 2. The van der Waals surface area contributed by atoms with Crippen molar-refractivity contribution in [1.29, 1.82) is 0 Å². The highest BCUT2D eigenvalue weighted by molar-refractivity contribution is 8.39. The first-order valence-electron chi connectivity index (χ1n) is 5.12. The number of carbonyl (C=O) groups excluding carboxylic acids is 1. The van der Waals surface area contributed by atoms with Crippen molar-refractivity contribution in [3.8, 4) is 0 Å². The summed E-state index contributed by atoms with van der Waals surface area (Å²) in [5, 5.41) is 9.33. The molecule has 6 heteroatoms. The summed E-state index contributed by atoms with van der Waals surface area (Å²) in [4.78, 5) is 19.1. The number of amides is 1. The van der Waals surface area contributed by atoms with E-state index in [2.05, 4.69) is 16.9 Å². The minimum Gasteiger partial charge on any atom is -0.510 e. The molecule has 1 amide bonds. The van der Waals surface area contributed by atoms with Crippen LogP contribution in [0.3, 0.4) is 0 Å². The summed E-state index contributed by atoms with van der Waals surface area (Å²) in [5.74, 6) is 1.09. The molecule has 1 N–H and O–H groups in total. The van der Waals surface area contributed by atoms with Crippen LogP contribution in [0.15, 0.2) is 21.8 Å². The summed E-state index contributed by atoms with van der Waals surface area (Å²) in [5.41, 5.74) is 0. The van der Waals surface area contributed by atoms with Gasteiger partial charge in [-0.1, -0.05) is 36.9 Å². The van der Waals surface area contributed by atoms with Crippen molar-refractivity contribution in [2.24, 2.45) is 9.98 Å². The fourth-order valence-electron chi connectivity index (χ4n) is 1.33. The maximum atomic E-state index is 11.1. The monoisotopic (exact) mass is 256 g/mol. The number of amidine groups is 1. The van der Waals surface area contributed by atoms with E-state index in [0.29, 0.717) is 5.84 Å². The maximum Gasteiger partial charge on any atom is 0.274 e. The molecule has 1 unspecified atom stereocenters. The maximum absolute atomic E-state index is 11.1. The van der Waals surface area contributed by atoms with E-state index < -0.39 is 5.91 Å². The van der Waals surface area contributed by atoms with Gasteiger partial charge in [0, 0.05) is 6.08 Å². The van der Waals surface area contributed by atoms with Gasteiger partial charge in [-0.15, -0.1) is 0 Å². The molecule has 86 valence electrons. The van der Waals surface area contributed by atoms with Gasteiger partial charge in [-0.3, -0.25) is 4.79 Å². The lowest BCUT2D eigenvalue weighted by Gasteiger charge is -2.10.